The van der Waals surface area contributed by atoms with E-state index in [2.05, 4.69) is 15.6 Å². The summed E-state index contributed by atoms with van der Waals surface area (Å²) >= 11 is 1.40. The van der Waals surface area contributed by atoms with Crippen LogP contribution in [0.4, 0.5) is 5.69 Å². The number of aromatic nitrogens is 2. The van der Waals surface area contributed by atoms with E-state index in [1.807, 2.05) is 48.3 Å². The summed E-state index contributed by atoms with van der Waals surface area (Å²) in [5.41, 5.74) is 3.89. The van der Waals surface area contributed by atoms with Crippen LogP contribution in [0.25, 0.3) is 10.2 Å². The lowest BCUT2D eigenvalue weighted by Gasteiger charge is -2.23. The van der Waals surface area contributed by atoms with E-state index in [4.69, 9.17) is 0 Å². The van der Waals surface area contributed by atoms with Gasteiger partial charge in [-0.3, -0.25) is 20.3 Å². The maximum Gasteiger partial charge on any atom is 0.279 e. The molecule has 102 valence electrons. The number of amides is 1. The maximum atomic E-state index is 12.3. The fourth-order valence-corrected chi connectivity index (χ4v) is 2.84. The minimum Gasteiger partial charge on any atom is -0.286 e. The molecule has 5 nitrogen and oxygen atoms in total. The highest BCUT2D eigenvalue weighted by Gasteiger charge is 2.14. The number of thiophene rings is 1. The number of hydrogen-bond donors (Lipinski definition) is 2. The highest BCUT2D eigenvalue weighted by atomic mass is 32.1. The summed E-state index contributed by atoms with van der Waals surface area (Å²) in [6.07, 6.45) is 1.72. The van der Waals surface area contributed by atoms with Gasteiger partial charge in [-0.15, -0.1) is 11.3 Å². The van der Waals surface area contributed by atoms with Crippen LogP contribution in [-0.4, -0.2) is 22.6 Å². The zero-order valence-electron chi connectivity index (χ0n) is 11.0. The maximum absolute atomic E-state index is 12.3. The lowest BCUT2D eigenvalue weighted by Crippen LogP contribution is -2.42. The van der Waals surface area contributed by atoms with Gasteiger partial charge in [-0.1, -0.05) is 18.2 Å². The van der Waals surface area contributed by atoms with Crippen molar-refractivity contribution in [2.75, 3.05) is 11.6 Å². The summed E-state index contributed by atoms with van der Waals surface area (Å²) in [6.45, 7) is 2.69. The lowest BCUT2D eigenvalue weighted by molar-refractivity contribution is 0.0953. The summed E-state index contributed by atoms with van der Waals surface area (Å²) in [4.78, 5) is 13.9. The first kappa shape index (κ1) is 12.7. The fraction of sp³-hybridized carbons (Fsp3) is 0.143. The van der Waals surface area contributed by atoms with Gasteiger partial charge in [-0.05, 0) is 25.1 Å². The molecule has 0 saturated heterocycles. The van der Waals surface area contributed by atoms with E-state index in [1.54, 1.807) is 6.20 Å². The van der Waals surface area contributed by atoms with Crippen molar-refractivity contribution < 1.29 is 4.79 Å². The summed E-state index contributed by atoms with van der Waals surface area (Å²) in [7, 11) is 0. The number of para-hydroxylation sites is 1. The molecule has 0 aliphatic rings. The molecule has 1 amide bonds. The van der Waals surface area contributed by atoms with Gasteiger partial charge in [-0.25, -0.2) is 0 Å². The molecule has 0 fully saturated rings. The molecule has 2 aromatic heterocycles. The van der Waals surface area contributed by atoms with Gasteiger partial charge in [0.2, 0.25) is 0 Å². The molecule has 2 heterocycles. The van der Waals surface area contributed by atoms with Crippen LogP contribution in [0.5, 0.6) is 0 Å². The van der Waals surface area contributed by atoms with Crippen molar-refractivity contribution in [3.8, 4) is 0 Å². The van der Waals surface area contributed by atoms with Gasteiger partial charge in [0.1, 0.15) is 4.83 Å². The average molecular weight is 286 g/mol. The molecule has 0 bridgehead atoms. The first-order chi connectivity index (χ1) is 9.78. The van der Waals surface area contributed by atoms with E-state index in [9.17, 15) is 4.79 Å². The SMILES string of the molecule is CCN(NC(=O)c1cc2cn[nH]c2s1)c1ccccc1. The van der Waals surface area contributed by atoms with E-state index in [0.29, 0.717) is 11.4 Å². The molecule has 6 heteroatoms. The second-order valence-electron chi connectivity index (χ2n) is 4.29. The van der Waals surface area contributed by atoms with Crippen LogP contribution in [0.2, 0.25) is 0 Å². The van der Waals surface area contributed by atoms with Gasteiger partial charge in [0.05, 0.1) is 16.8 Å². The molecular weight excluding hydrogens is 272 g/mol. The Balaban J connectivity index is 1.79. The van der Waals surface area contributed by atoms with Crippen LogP contribution in [0, 0.1) is 0 Å². The molecule has 0 atom stereocenters. The van der Waals surface area contributed by atoms with Crippen molar-refractivity contribution in [3.05, 3.63) is 47.5 Å². The van der Waals surface area contributed by atoms with E-state index in [0.717, 1.165) is 15.9 Å². The molecule has 3 aromatic rings. The highest BCUT2D eigenvalue weighted by Crippen LogP contribution is 2.23. The van der Waals surface area contributed by atoms with Crippen molar-refractivity contribution in [1.82, 2.24) is 15.6 Å². The van der Waals surface area contributed by atoms with Crippen LogP contribution in [0.3, 0.4) is 0 Å². The van der Waals surface area contributed by atoms with Gasteiger partial charge >= 0.3 is 0 Å². The molecule has 0 aliphatic carbocycles. The molecule has 20 heavy (non-hydrogen) atoms. The van der Waals surface area contributed by atoms with E-state index < -0.39 is 0 Å². The number of carbonyl (C=O) groups is 1. The van der Waals surface area contributed by atoms with Crippen LogP contribution < -0.4 is 10.4 Å². The van der Waals surface area contributed by atoms with Gasteiger partial charge in [0.15, 0.2) is 0 Å². The third-order valence-electron chi connectivity index (χ3n) is 2.97. The molecule has 1 aromatic carbocycles. The van der Waals surface area contributed by atoms with Gasteiger partial charge in [-0.2, -0.15) is 5.10 Å². The Morgan fingerprint density at radius 2 is 2.20 bits per heavy atom. The zero-order valence-corrected chi connectivity index (χ0v) is 11.8. The monoisotopic (exact) mass is 286 g/mol. The summed E-state index contributed by atoms with van der Waals surface area (Å²) in [5, 5.41) is 9.59. The van der Waals surface area contributed by atoms with Gasteiger partial charge in [0.25, 0.3) is 5.91 Å². The summed E-state index contributed by atoms with van der Waals surface area (Å²) < 4.78 is 0. The molecule has 2 N–H and O–H groups in total. The van der Waals surface area contributed by atoms with Crippen LogP contribution in [0.15, 0.2) is 42.6 Å². The number of nitrogens with zero attached hydrogens (tertiary/aromatic N) is 2. The Hall–Kier alpha value is -2.34. The number of rotatable bonds is 4. The Bertz CT molecular complexity index is 690. The number of fused-ring (bicyclic) bond motifs is 1. The second kappa shape index (κ2) is 5.34. The number of aromatic amines is 1. The smallest absolute Gasteiger partial charge is 0.279 e. The zero-order chi connectivity index (χ0) is 13.9. The van der Waals surface area contributed by atoms with Crippen molar-refractivity contribution in [2.45, 2.75) is 6.92 Å². The van der Waals surface area contributed by atoms with E-state index in [1.165, 1.54) is 11.3 Å². The van der Waals surface area contributed by atoms with Crippen LogP contribution >= 0.6 is 11.3 Å². The van der Waals surface area contributed by atoms with Crippen LogP contribution in [-0.2, 0) is 0 Å². The molecule has 0 radical (unpaired) electrons. The average Bonchev–Trinajstić information content (AvgIpc) is 3.06. The predicted octanol–water partition coefficient (Wildman–Crippen LogP) is 2.80. The predicted molar refractivity (Wildman–Crippen MR) is 80.9 cm³/mol. The van der Waals surface area contributed by atoms with Crippen molar-refractivity contribution >= 4 is 33.1 Å². The normalized spacial score (nSPS) is 10.7. The molecule has 0 saturated carbocycles. The molecule has 0 unspecified atom stereocenters. The third kappa shape index (κ3) is 2.37. The second-order valence-corrected chi connectivity index (χ2v) is 5.34. The first-order valence-corrected chi connectivity index (χ1v) is 7.16. The van der Waals surface area contributed by atoms with E-state index >= 15 is 0 Å². The van der Waals surface area contributed by atoms with Gasteiger partial charge < -0.3 is 0 Å². The number of benzene rings is 1. The minimum atomic E-state index is -0.106. The van der Waals surface area contributed by atoms with Crippen molar-refractivity contribution in [3.63, 3.8) is 0 Å². The number of H-pyrrole nitrogens is 1. The quantitative estimate of drug-likeness (QED) is 0.725. The largest absolute Gasteiger partial charge is 0.286 e. The highest BCUT2D eigenvalue weighted by molar-refractivity contribution is 7.20. The number of hydrogen-bond acceptors (Lipinski definition) is 4. The number of nitrogens with one attached hydrogen (secondary N) is 2. The van der Waals surface area contributed by atoms with Crippen molar-refractivity contribution in [1.29, 1.82) is 0 Å². The first-order valence-electron chi connectivity index (χ1n) is 6.34. The number of hydrazine groups is 1. The molecule has 0 aliphatic heterocycles. The molecule has 3 rings (SSSR count). The number of carbonyl (C=O) groups excluding carboxylic acids is 1. The summed E-state index contributed by atoms with van der Waals surface area (Å²) in [5.74, 6) is -0.106. The third-order valence-corrected chi connectivity index (χ3v) is 4.03. The molecular formula is C14H14N4OS. The Morgan fingerprint density at radius 1 is 1.40 bits per heavy atom. The molecule has 0 spiro atoms. The van der Waals surface area contributed by atoms with Gasteiger partial charge in [0, 0.05) is 11.9 Å². The van der Waals surface area contributed by atoms with Crippen molar-refractivity contribution in [2.24, 2.45) is 0 Å². The standard InChI is InChI=1S/C14H14N4OS/c1-2-18(11-6-4-3-5-7-11)17-13(19)12-8-10-9-15-16-14(10)20-12/h3-9H,2H2,1H3,(H,15,16)(H,17,19). The van der Waals surface area contributed by atoms with Crippen LogP contribution in [0.1, 0.15) is 16.6 Å². The minimum absolute atomic E-state index is 0.106. The van der Waals surface area contributed by atoms with E-state index in [-0.39, 0.29) is 5.91 Å². The Labute approximate surface area is 120 Å². The Morgan fingerprint density at radius 3 is 2.90 bits per heavy atom. The lowest BCUT2D eigenvalue weighted by atomic mass is 10.3. The number of anilines is 1. The topological polar surface area (TPSA) is 61.0 Å². The fourth-order valence-electron chi connectivity index (χ4n) is 1.97. The Kier molecular flexibility index (Phi) is 3.39. The summed E-state index contributed by atoms with van der Waals surface area (Å²) in [6, 6.07) is 11.6.